The predicted octanol–water partition coefficient (Wildman–Crippen LogP) is 3.94. The molecule has 1 aromatic carbocycles. The van der Waals surface area contributed by atoms with Gasteiger partial charge in [0.15, 0.2) is 0 Å². The molecule has 1 aromatic heterocycles. The van der Waals surface area contributed by atoms with Gasteiger partial charge in [-0.05, 0) is 34.7 Å². The molecule has 2 aromatic rings. The summed E-state index contributed by atoms with van der Waals surface area (Å²) in [4.78, 5) is 11.6. The molecule has 3 nitrogen and oxygen atoms in total. The highest BCUT2D eigenvalue weighted by atomic mass is 127. The van der Waals surface area contributed by atoms with E-state index in [4.69, 9.17) is 9.15 Å². The summed E-state index contributed by atoms with van der Waals surface area (Å²) in [5, 5.41) is 0. The lowest BCUT2D eigenvalue weighted by Gasteiger charge is -2.08. The average Bonchev–Trinajstić information content (AvgIpc) is 2.41. The molecule has 0 bridgehead atoms. The van der Waals surface area contributed by atoms with Crippen molar-refractivity contribution < 1.29 is 22.3 Å². The van der Waals surface area contributed by atoms with Crippen LogP contribution in [0.1, 0.15) is 5.56 Å². The molecule has 2 rings (SSSR count). The van der Waals surface area contributed by atoms with Crippen molar-refractivity contribution in [2.24, 2.45) is 0 Å². The molecule has 0 unspecified atom stereocenters. The normalized spacial score (nSPS) is 11.4. The fourth-order valence-electron chi connectivity index (χ4n) is 1.57. The predicted molar refractivity (Wildman–Crippen MR) is 74.7 cm³/mol. The van der Waals surface area contributed by atoms with Crippen molar-refractivity contribution in [3.63, 3.8) is 0 Å². The first-order valence-electron chi connectivity index (χ1n) is 5.38. The second-order valence-corrected chi connectivity index (χ2v) is 4.93. The van der Waals surface area contributed by atoms with Crippen LogP contribution in [0.4, 0.5) is 13.2 Å². The highest BCUT2D eigenvalue weighted by Crippen LogP contribution is 2.31. The molecule has 1 heterocycles. The number of hydrogen-bond donors (Lipinski definition) is 0. The maximum atomic E-state index is 12.5. The summed E-state index contributed by atoms with van der Waals surface area (Å²) in [6.07, 6.45) is -4.40. The second-order valence-electron chi connectivity index (χ2n) is 3.86. The van der Waals surface area contributed by atoms with Crippen molar-refractivity contribution in [2.75, 3.05) is 7.11 Å². The first kappa shape index (κ1) is 14.9. The van der Waals surface area contributed by atoms with Gasteiger partial charge >= 0.3 is 11.8 Å². The van der Waals surface area contributed by atoms with Gasteiger partial charge in [0.1, 0.15) is 15.1 Å². The molecule has 0 fully saturated rings. The Balaban J connectivity index is 2.47. The molecular weight excluding hydrogens is 388 g/mol. The fourth-order valence-corrected chi connectivity index (χ4v) is 2.06. The minimum absolute atomic E-state index is 0.154. The van der Waals surface area contributed by atoms with Crippen LogP contribution >= 0.6 is 22.6 Å². The molecule has 0 spiro atoms. The van der Waals surface area contributed by atoms with E-state index in [9.17, 15) is 18.0 Å². The van der Waals surface area contributed by atoms with Crippen molar-refractivity contribution >= 4 is 22.6 Å². The Labute approximate surface area is 125 Å². The molecule has 106 valence electrons. The van der Waals surface area contributed by atoms with Crippen LogP contribution < -0.4 is 10.4 Å². The second kappa shape index (κ2) is 5.47. The van der Waals surface area contributed by atoms with Crippen LogP contribution in [-0.4, -0.2) is 7.11 Å². The van der Waals surface area contributed by atoms with Crippen LogP contribution in [0.2, 0.25) is 0 Å². The molecule has 0 aliphatic carbocycles. The Bertz CT molecular complexity index is 675. The smallest absolute Gasteiger partial charge is 0.416 e. The maximum absolute atomic E-state index is 12.5. The van der Waals surface area contributed by atoms with Gasteiger partial charge in [-0.2, -0.15) is 13.2 Å². The number of hydrogen-bond acceptors (Lipinski definition) is 3. The van der Waals surface area contributed by atoms with Gasteiger partial charge in [-0.3, -0.25) is 0 Å². The highest BCUT2D eigenvalue weighted by Gasteiger charge is 2.30. The summed E-state index contributed by atoms with van der Waals surface area (Å²) in [6.45, 7) is 0. The van der Waals surface area contributed by atoms with Crippen molar-refractivity contribution in [1.29, 1.82) is 0 Å². The average molecular weight is 396 g/mol. The van der Waals surface area contributed by atoms with Crippen LogP contribution in [0.15, 0.2) is 39.5 Å². The first-order valence-corrected chi connectivity index (χ1v) is 6.46. The zero-order chi connectivity index (χ0) is 14.9. The molecule has 0 N–H and O–H groups in total. The molecule has 0 radical (unpaired) electrons. The highest BCUT2D eigenvalue weighted by molar-refractivity contribution is 14.1. The van der Waals surface area contributed by atoms with Crippen LogP contribution in [0.3, 0.4) is 0 Å². The molecular formula is C13H8F3IO3. The topological polar surface area (TPSA) is 39.4 Å². The van der Waals surface area contributed by atoms with Crippen molar-refractivity contribution in [3.8, 4) is 17.1 Å². The van der Waals surface area contributed by atoms with Gasteiger partial charge in [0, 0.05) is 11.6 Å². The van der Waals surface area contributed by atoms with E-state index in [0.717, 1.165) is 12.1 Å². The van der Waals surface area contributed by atoms with E-state index in [2.05, 4.69) is 0 Å². The summed E-state index contributed by atoms with van der Waals surface area (Å²) in [5.74, 6) is 0.470. The maximum Gasteiger partial charge on any atom is 0.416 e. The van der Waals surface area contributed by atoms with E-state index in [-0.39, 0.29) is 9.33 Å². The Morgan fingerprint density at radius 3 is 2.30 bits per heavy atom. The van der Waals surface area contributed by atoms with Crippen molar-refractivity contribution in [3.05, 3.63) is 49.9 Å². The standard InChI is InChI=1S/C13H8F3IO3/c1-19-10-6-9(20-12(18)11(10)17)7-2-4-8(5-3-7)13(14,15)16/h2-6H,1H3. The van der Waals surface area contributed by atoms with Gasteiger partial charge in [0.05, 0.1) is 12.7 Å². The molecule has 0 amide bonds. The van der Waals surface area contributed by atoms with E-state index in [0.29, 0.717) is 11.3 Å². The van der Waals surface area contributed by atoms with Gasteiger partial charge in [0.2, 0.25) is 0 Å². The van der Waals surface area contributed by atoms with E-state index < -0.39 is 17.4 Å². The number of methoxy groups -OCH3 is 1. The summed E-state index contributed by atoms with van der Waals surface area (Å²) < 4.78 is 47.7. The summed E-state index contributed by atoms with van der Waals surface area (Å²) in [5.41, 5.74) is -0.995. The lowest BCUT2D eigenvalue weighted by molar-refractivity contribution is -0.137. The minimum atomic E-state index is -4.40. The lowest BCUT2D eigenvalue weighted by Crippen LogP contribution is -2.06. The third-order valence-corrected chi connectivity index (χ3v) is 3.55. The first-order chi connectivity index (χ1) is 9.32. The Hall–Kier alpha value is -1.51. The van der Waals surface area contributed by atoms with Gasteiger partial charge < -0.3 is 9.15 Å². The number of rotatable bonds is 2. The Kier molecular flexibility index (Phi) is 4.07. The summed E-state index contributed by atoms with van der Waals surface area (Å²) >= 11 is 1.78. The molecule has 0 aliphatic rings. The fraction of sp³-hybridized carbons (Fsp3) is 0.154. The third kappa shape index (κ3) is 2.97. The molecule has 0 aliphatic heterocycles. The van der Waals surface area contributed by atoms with Crippen LogP contribution in [-0.2, 0) is 6.18 Å². The third-order valence-electron chi connectivity index (χ3n) is 2.58. The van der Waals surface area contributed by atoms with Crippen molar-refractivity contribution in [1.82, 2.24) is 0 Å². The number of alkyl halides is 3. The van der Waals surface area contributed by atoms with E-state index in [1.54, 1.807) is 22.6 Å². The van der Waals surface area contributed by atoms with E-state index in [1.165, 1.54) is 25.3 Å². The van der Waals surface area contributed by atoms with E-state index in [1.807, 2.05) is 0 Å². The van der Waals surface area contributed by atoms with Gasteiger partial charge in [-0.1, -0.05) is 12.1 Å². The van der Waals surface area contributed by atoms with Gasteiger partial charge in [-0.25, -0.2) is 4.79 Å². The summed E-state index contributed by atoms with van der Waals surface area (Å²) in [6, 6.07) is 5.81. The van der Waals surface area contributed by atoms with E-state index >= 15 is 0 Å². The molecule has 0 atom stereocenters. The largest absolute Gasteiger partial charge is 0.495 e. The molecule has 7 heteroatoms. The Morgan fingerprint density at radius 1 is 1.20 bits per heavy atom. The lowest BCUT2D eigenvalue weighted by atomic mass is 10.1. The quantitative estimate of drug-likeness (QED) is 0.723. The zero-order valence-corrected chi connectivity index (χ0v) is 12.3. The van der Waals surface area contributed by atoms with Gasteiger partial charge in [-0.15, -0.1) is 0 Å². The number of ether oxygens (including phenoxy) is 1. The molecule has 20 heavy (non-hydrogen) atoms. The van der Waals surface area contributed by atoms with Crippen LogP contribution in [0.5, 0.6) is 5.75 Å². The monoisotopic (exact) mass is 396 g/mol. The number of halogens is 4. The van der Waals surface area contributed by atoms with Crippen LogP contribution in [0, 0.1) is 3.57 Å². The molecule has 0 saturated carbocycles. The van der Waals surface area contributed by atoms with Crippen molar-refractivity contribution in [2.45, 2.75) is 6.18 Å². The van der Waals surface area contributed by atoms with Gasteiger partial charge in [0.25, 0.3) is 0 Å². The number of benzene rings is 1. The SMILES string of the molecule is COc1cc(-c2ccc(C(F)(F)F)cc2)oc(=O)c1I. The zero-order valence-electron chi connectivity index (χ0n) is 10.1. The minimum Gasteiger partial charge on any atom is -0.495 e. The molecule has 0 saturated heterocycles. The Morgan fingerprint density at radius 2 is 1.80 bits per heavy atom. The summed E-state index contributed by atoms with van der Waals surface area (Å²) in [7, 11) is 1.40. The van der Waals surface area contributed by atoms with Crippen LogP contribution in [0.25, 0.3) is 11.3 Å².